The van der Waals surface area contributed by atoms with Crippen molar-refractivity contribution in [2.24, 2.45) is 11.8 Å². The van der Waals surface area contributed by atoms with Crippen LogP contribution in [0.2, 0.25) is 0 Å². The molecule has 0 radical (unpaired) electrons. The molecule has 1 N–H and O–H groups in total. The van der Waals surface area contributed by atoms with Gasteiger partial charge in [0.1, 0.15) is 0 Å². The van der Waals surface area contributed by atoms with Gasteiger partial charge in [0.2, 0.25) is 0 Å². The van der Waals surface area contributed by atoms with E-state index in [1.165, 1.54) is 19.6 Å². The van der Waals surface area contributed by atoms with E-state index in [1.807, 2.05) is 0 Å². The number of rotatable bonds is 4. The van der Waals surface area contributed by atoms with Gasteiger partial charge in [0, 0.05) is 19.1 Å². The van der Waals surface area contributed by atoms with E-state index in [0.717, 1.165) is 31.0 Å². The van der Waals surface area contributed by atoms with Crippen LogP contribution in [0.4, 0.5) is 0 Å². The molecule has 88 valence electrons. The highest BCUT2D eigenvalue weighted by molar-refractivity contribution is 4.96. The summed E-state index contributed by atoms with van der Waals surface area (Å²) in [7, 11) is 0. The molecule has 2 aliphatic heterocycles. The SMILES string of the molecule is CC(C)OCCN1CC2CNCC2C1C. The van der Waals surface area contributed by atoms with Crippen LogP contribution in [0.3, 0.4) is 0 Å². The van der Waals surface area contributed by atoms with Crippen molar-refractivity contribution in [2.75, 3.05) is 32.8 Å². The first-order valence-electron chi connectivity index (χ1n) is 6.25. The second-order valence-electron chi connectivity index (χ2n) is 5.24. The van der Waals surface area contributed by atoms with E-state index in [4.69, 9.17) is 4.74 Å². The third-order valence-electron chi connectivity index (χ3n) is 3.89. The second-order valence-corrected chi connectivity index (χ2v) is 5.24. The lowest BCUT2D eigenvalue weighted by molar-refractivity contribution is 0.0554. The van der Waals surface area contributed by atoms with Crippen LogP contribution in [0, 0.1) is 11.8 Å². The molecule has 2 rings (SSSR count). The molecule has 0 aliphatic carbocycles. The summed E-state index contributed by atoms with van der Waals surface area (Å²) in [5.74, 6) is 1.77. The van der Waals surface area contributed by atoms with E-state index >= 15 is 0 Å². The number of hydrogen-bond donors (Lipinski definition) is 1. The third kappa shape index (κ3) is 2.52. The summed E-state index contributed by atoms with van der Waals surface area (Å²) >= 11 is 0. The summed E-state index contributed by atoms with van der Waals surface area (Å²) in [5, 5.41) is 3.49. The van der Waals surface area contributed by atoms with Crippen LogP contribution in [0.5, 0.6) is 0 Å². The van der Waals surface area contributed by atoms with Crippen molar-refractivity contribution >= 4 is 0 Å². The Kier molecular flexibility index (Phi) is 3.65. The van der Waals surface area contributed by atoms with Gasteiger partial charge in [0.15, 0.2) is 0 Å². The summed E-state index contributed by atoms with van der Waals surface area (Å²) in [6, 6.07) is 0.737. The van der Waals surface area contributed by atoms with E-state index < -0.39 is 0 Å². The molecule has 0 bridgehead atoms. The Balaban J connectivity index is 1.75. The fraction of sp³-hybridized carbons (Fsp3) is 1.00. The molecule has 2 saturated heterocycles. The second kappa shape index (κ2) is 4.81. The van der Waals surface area contributed by atoms with Crippen LogP contribution >= 0.6 is 0 Å². The van der Waals surface area contributed by atoms with Crippen LogP contribution in [0.1, 0.15) is 20.8 Å². The van der Waals surface area contributed by atoms with Gasteiger partial charge in [-0.15, -0.1) is 0 Å². The maximum Gasteiger partial charge on any atom is 0.0597 e. The average Bonchev–Trinajstić information content (AvgIpc) is 2.71. The van der Waals surface area contributed by atoms with Crippen molar-refractivity contribution < 1.29 is 4.74 Å². The molecule has 3 atom stereocenters. The summed E-state index contributed by atoms with van der Waals surface area (Å²) in [6.07, 6.45) is 0.365. The number of ether oxygens (including phenoxy) is 1. The molecule has 3 heteroatoms. The minimum Gasteiger partial charge on any atom is -0.377 e. The van der Waals surface area contributed by atoms with Crippen LogP contribution in [-0.2, 0) is 4.74 Å². The maximum atomic E-state index is 5.62. The molecule has 0 aromatic carbocycles. The van der Waals surface area contributed by atoms with Gasteiger partial charge in [-0.3, -0.25) is 4.90 Å². The Labute approximate surface area is 93.2 Å². The average molecular weight is 212 g/mol. The topological polar surface area (TPSA) is 24.5 Å². The third-order valence-corrected chi connectivity index (χ3v) is 3.89. The molecule has 0 spiro atoms. The molecule has 2 fully saturated rings. The lowest BCUT2D eigenvalue weighted by Gasteiger charge is -2.24. The maximum absolute atomic E-state index is 5.62. The Morgan fingerprint density at radius 1 is 1.40 bits per heavy atom. The summed E-state index contributed by atoms with van der Waals surface area (Å²) < 4.78 is 5.62. The highest BCUT2D eigenvalue weighted by Gasteiger charge is 2.41. The molecule has 0 aromatic rings. The Hall–Kier alpha value is -0.120. The zero-order chi connectivity index (χ0) is 10.8. The van der Waals surface area contributed by atoms with Crippen molar-refractivity contribution in [1.29, 1.82) is 0 Å². The molecular formula is C12H24N2O. The first kappa shape index (κ1) is 11.4. The van der Waals surface area contributed by atoms with Crippen molar-refractivity contribution in [2.45, 2.75) is 32.9 Å². The number of hydrogen-bond acceptors (Lipinski definition) is 3. The quantitative estimate of drug-likeness (QED) is 0.751. The number of fused-ring (bicyclic) bond motifs is 1. The predicted molar refractivity (Wildman–Crippen MR) is 62.0 cm³/mol. The van der Waals surface area contributed by atoms with E-state index in [1.54, 1.807) is 0 Å². The number of nitrogens with one attached hydrogen (secondary N) is 1. The van der Waals surface area contributed by atoms with Crippen LogP contribution in [0.15, 0.2) is 0 Å². The van der Waals surface area contributed by atoms with Gasteiger partial charge in [-0.1, -0.05) is 0 Å². The van der Waals surface area contributed by atoms with Gasteiger partial charge in [0.05, 0.1) is 12.7 Å². The molecule has 0 aromatic heterocycles. The lowest BCUT2D eigenvalue weighted by atomic mass is 9.95. The smallest absolute Gasteiger partial charge is 0.0597 e. The van der Waals surface area contributed by atoms with E-state index in [2.05, 4.69) is 31.0 Å². The van der Waals surface area contributed by atoms with Crippen LogP contribution in [0.25, 0.3) is 0 Å². The van der Waals surface area contributed by atoms with Crippen LogP contribution in [-0.4, -0.2) is 49.8 Å². The minimum absolute atomic E-state index is 0.365. The van der Waals surface area contributed by atoms with E-state index in [9.17, 15) is 0 Å². The van der Waals surface area contributed by atoms with Crippen molar-refractivity contribution in [3.63, 3.8) is 0 Å². The first-order valence-corrected chi connectivity index (χ1v) is 6.25. The van der Waals surface area contributed by atoms with Gasteiger partial charge in [-0.05, 0) is 45.7 Å². The lowest BCUT2D eigenvalue weighted by Crippen LogP contribution is -2.35. The van der Waals surface area contributed by atoms with Crippen molar-refractivity contribution in [3.05, 3.63) is 0 Å². The highest BCUT2D eigenvalue weighted by Crippen LogP contribution is 2.31. The minimum atomic E-state index is 0.365. The van der Waals surface area contributed by atoms with Gasteiger partial charge in [-0.25, -0.2) is 0 Å². The van der Waals surface area contributed by atoms with Gasteiger partial charge >= 0.3 is 0 Å². The number of likely N-dealkylation sites (tertiary alicyclic amines) is 1. The normalized spacial score (nSPS) is 36.4. The van der Waals surface area contributed by atoms with Crippen LogP contribution < -0.4 is 5.32 Å². The zero-order valence-electron chi connectivity index (χ0n) is 10.2. The molecule has 2 heterocycles. The molecule has 2 aliphatic rings. The molecule has 0 saturated carbocycles. The zero-order valence-corrected chi connectivity index (χ0v) is 10.2. The Bertz CT molecular complexity index is 208. The molecule has 0 amide bonds. The van der Waals surface area contributed by atoms with Crippen molar-refractivity contribution in [3.8, 4) is 0 Å². The van der Waals surface area contributed by atoms with Crippen molar-refractivity contribution in [1.82, 2.24) is 10.2 Å². The number of nitrogens with zero attached hydrogens (tertiary/aromatic N) is 1. The standard InChI is InChI=1S/C12H24N2O/c1-9(2)15-5-4-14-8-11-6-13-7-12(11)10(14)3/h9-13H,4-8H2,1-3H3. The van der Waals surface area contributed by atoms with Gasteiger partial charge in [-0.2, -0.15) is 0 Å². The van der Waals surface area contributed by atoms with E-state index in [-0.39, 0.29) is 0 Å². The highest BCUT2D eigenvalue weighted by atomic mass is 16.5. The molecule has 3 nitrogen and oxygen atoms in total. The summed E-state index contributed by atoms with van der Waals surface area (Å²) in [5.41, 5.74) is 0. The molecule has 15 heavy (non-hydrogen) atoms. The first-order chi connectivity index (χ1) is 7.18. The Morgan fingerprint density at radius 2 is 2.20 bits per heavy atom. The largest absolute Gasteiger partial charge is 0.377 e. The Morgan fingerprint density at radius 3 is 2.87 bits per heavy atom. The summed E-state index contributed by atoms with van der Waals surface area (Å²) in [6.45, 7) is 12.3. The van der Waals surface area contributed by atoms with Gasteiger partial charge < -0.3 is 10.1 Å². The van der Waals surface area contributed by atoms with Gasteiger partial charge in [0.25, 0.3) is 0 Å². The molecule has 3 unspecified atom stereocenters. The summed E-state index contributed by atoms with van der Waals surface area (Å²) in [4.78, 5) is 2.60. The van der Waals surface area contributed by atoms with E-state index in [0.29, 0.717) is 6.10 Å². The predicted octanol–water partition coefficient (Wildman–Crippen LogP) is 0.951. The monoisotopic (exact) mass is 212 g/mol. The molecular weight excluding hydrogens is 188 g/mol. The fourth-order valence-electron chi connectivity index (χ4n) is 2.96. The fourth-order valence-corrected chi connectivity index (χ4v) is 2.96.